The summed E-state index contributed by atoms with van der Waals surface area (Å²) >= 11 is 5.47. The van der Waals surface area contributed by atoms with Crippen LogP contribution in [0.5, 0.6) is 5.75 Å². The van der Waals surface area contributed by atoms with Crippen molar-refractivity contribution in [1.29, 1.82) is 0 Å². The molecule has 0 aliphatic rings. The number of aromatic amines is 1. The van der Waals surface area contributed by atoms with E-state index in [1.807, 2.05) is 48.5 Å². The molecule has 140 valence electrons. The Hall–Kier alpha value is -2.90. The number of aromatic nitrogens is 1. The van der Waals surface area contributed by atoms with Crippen molar-refractivity contribution in [3.63, 3.8) is 0 Å². The molecule has 3 N–H and O–H groups in total. The van der Waals surface area contributed by atoms with E-state index in [2.05, 4.69) is 10.3 Å². The van der Waals surface area contributed by atoms with Gasteiger partial charge in [0.15, 0.2) is 5.11 Å². The molecule has 0 aliphatic carbocycles. The summed E-state index contributed by atoms with van der Waals surface area (Å²) in [4.78, 5) is 17.1. The fourth-order valence-corrected chi connectivity index (χ4v) is 3.05. The fourth-order valence-electron chi connectivity index (χ4n) is 2.78. The molecule has 0 saturated heterocycles. The standard InChI is InChI=1S/C20H21N3O3S/c1-26-17-7-8-18-14(12-17)11-15(19(25)22-18)13-23(9-10-24)20(27)21-16-5-3-2-4-6-16/h2-8,11-12,24H,9-10,13H2,1H3,(H,21,27)(H,22,25). The monoisotopic (exact) mass is 383 g/mol. The van der Waals surface area contributed by atoms with Gasteiger partial charge >= 0.3 is 0 Å². The topological polar surface area (TPSA) is 77.6 Å². The maximum atomic E-state index is 12.5. The number of aliphatic hydroxyl groups excluding tert-OH is 1. The van der Waals surface area contributed by atoms with Crippen LogP contribution in [-0.4, -0.2) is 40.4 Å². The number of nitrogens with zero attached hydrogens (tertiary/aromatic N) is 1. The highest BCUT2D eigenvalue weighted by molar-refractivity contribution is 7.80. The van der Waals surface area contributed by atoms with Crippen molar-refractivity contribution >= 4 is 33.9 Å². The molecule has 0 spiro atoms. The number of hydrogen-bond acceptors (Lipinski definition) is 4. The predicted molar refractivity (Wildman–Crippen MR) is 111 cm³/mol. The molecule has 1 heterocycles. The molecule has 0 bridgehead atoms. The van der Waals surface area contributed by atoms with Crippen LogP contribution in [-0.2, 0) is 6.54 Å². The minimum atomic E-state index is -0.182. The van der Waals surface area contributed by atoms with Crippen molar-refractivity contribution in [2.45, 2.75) is 6.54 Å². The van der Waals surface area contributed by atoms with E-state index >= 15 is 0 Å². The van der Waals surface area contributed by atoms with Crippen molar-refractivity contribution in [3.8, 4) is 5.75 Å². The summed E-state index contributed by atoms with van der Waals surface area (Å²) in [7, 11) is 1.60. The first kappa shape index (κ1) is 18.9. The van der Waals surface area contributed by atoms with Gasteiger partial charge in [-0.05, 0) is 48.6 Å². The number of aliphatic hydroxyl groups is 1. The summed E-state index contributed by atoms with van der Waals surface area (Å²) in [5.41, 5.74) is 1.96. The Kier molecular flexibility index (Phi) is 6.05. The van der Waals surface area contributed by atoms with Gasteiger partial charge in [-0.25, -0.2) is 0 Å². The van der Waals surface area contributed by atoms with Gasteiger partial charge in [0.05, 0.1) is 20.3 Å². The Morgan fingerprint density at radius 1 is 1.22 bits per heavy atom. The number of para-hydroxylation sites is 1. The molecule has 27 heavy (non-hydrogen) atoms. The van der Waals surface area contributed by atoms with E-state index in [0.29, 0.717) is 23.0 Å². The molecule has 0 fully saturated rings. The number of anilines is 1. The molecule has 0 amide bonds. The molecule has 3 aromatic rings. The summed E-state index contributed by atoms with van der Waals surface area (Å²) in [6.07, 6.45) is 0. The lowest BCUT2D eigenvalue weighted by Gasteiger charge is -2.25. The first-order chi connectivity index (χ1) is 13.1. The van der Waals surface area contributed by atoms with Crippen molar-refractivity contribution in [3.05, 3.63) is 70.5 Å². The number of rotatable bonds is 6. The second kappa shape index (κ2) is 8.66. The Labute approximate surface area is 162 Å². The quantitative estimate of drug-likeness (QED) is 0.568. The smallest absolute Gasteiger partial charge is 0.253 e. The number of nitrogens with one attached hydrogen (secondary N) is 2. The summed E-state index contributed by atoms with van der Waals surface area (Å²) in [6, 6.07) is 16.8. The highest BCUT2D eigenvalue weighted by Crippen LogP contribution is 2.19. The van der Waals surface area contributed by atoms with Crippen molar-refractivity contribution in [2.75, 3.05) is 25.6 Å². The number of benzene rings is 2. The van der Waals surface area contributed by atoms with E-state index in [1.165, 1.54) is 0 Å². The molecule has 7 heteroatoms. The Bertz CT molecular complexity index is 989. The largest absolute Gasteiger partial charge is 0.497 e. The first-order valence-corrected chi connectivity index (χ1v) is 8.93. The summed E-state index contributed by atoms with van der Waals surface area (Å²) < 4.78 is 5.25. The molecule has 0 unspecified atom stereocenters. The van der Waals surface area contributed by atoms with E-state index in [1.54, 1.807) is 18.1 Å². The lowest BCUT2D eigenvalue weighted by Crippen LogP contribution is -2.37. The van der Waals surface area contributed by atoms with Crippen LogP contribution in [0.4, 0.5) is 5.69 Å². The maximum Gasteiger partial charge on any atom is 0.253 e. The molecule has 6 nitrogen and oxygen atoms in total. The molecule has 3 rings (SSSR count). The van der Waals surface area contributed by atoms with Crippen LogP contribution in [0.1, 0.15) is 5.56 Å². The third-order valence-electron chi connectivity index (χ3n) is 4.17. The summed E-state index contributed by atoms with van der Waals surface area (Å²) in [5.74, 6) is 0.717. The fraction of sp³-hybridized carbons (Fsp3) is 0.200. The van der Waals surface area contributed by atoms with E-state index in [-0.39, 0.29) is 18.7 Å². The SMILES string of the molecule is COc1ccc2[nH]c(=O)c(CN(CCO)C(=S)Nc3ccccc3)cc2c1. The van der Waals surface area contributed by atoms with Gasteiger partial charge in [0.1, 0.15) is 5.75 Å². The molecule has 1 aromatic heterocycles. The normalized spacial score (nSPS) is 10.6. The van der Waals surface area contributed by atoms with Gasteiger partial charge in [-0.1, -0.05) is 18.2 Å². The zero-order valence-electron chi connectivity index (χ0n) is 14.9. The van der Waals surface area contributed by atoms with Crippen LogP contribution in [0.15, 0.2) is 59.4 Å². The van der Waals surface area contributed by atoms with Crippen LogP contribution in [0.2, 0.25) is 0 Å². The maximum absolute atomic E-state index is 12.5. The summed E-state index contributed by atoms with van der Waals surface area (Å²) in [5, 5.41) is 13.9. The van der Waals surface area contributed by atoms with E-state index in [0.717, 1.165) is 16.6 Å². The average molecular weight is 383 g/mol. The van der Waals surface area contributed by atoms with E-state index in [4.69, 9.17) is 17.0 Å². The van der Waals surface area contributed by atoms with Crippen LogP contribution in [0, 0.1) is 0 Å². The van der Waals surface area contributed by atoms with Crippen molar-refractivity contribution < 1.29 is 9.84 Å². The minimum Gasteiger partial charge on any atom is -0.497 e. The number of thiocarbonyl (C=S) groups is 1. The number of fused-ring (bicyclic) bond motifs is 1. The van der Waals surface area contributed by atoms with E-state index in [9.17, 15) is 9.90 Å². The van der Waals surface area contributed by atoms with Gasteiger partial charge in [-0.2, -0.15) is 0 Å². The van der Waals surface area contributed by atoms with Crippen molar-refractivity contribution in [1.82, 2.24) is 9.88 Å². The van der Waals surface area contributed by atoms with Crippen LogP contribution < -0.4 is 15.6 Å². The van der Waals surface area contributed by atoms with Gasteiger partial charge in [-0.3, -0.25) is 4.79 Å². The average Bonchev–Trinajstić information content (AvgIpc) is 2.68. The molecule has 0 radical (unpaired) electrons. The minimum absolute atomic E-state index is 0.0735. The molecule has 2 aromatic carbocycles. The van der Waals surface area contributed by atoms with Gasteiger partial charge in [-0.15, -0.1) is 0 Å². The molecule has 0 aliphatic heterocycles. The number of ether oxygens (including phenoxy) is 1. The third-order valence-corrected chi connectivity index (χ3v) is 4.53. The Morgan fingerprint density at radius 3 is 2.70 bits per heavy atom. The molecular weight excluding hydrogens is 362 g/mol. The van der Waals surface area contributed by atoms with Gasteiger partial charge in [0.25, 0.3) is 5.56 Å². The predicted octanol–water partition coefficient (Wildman–Crippen LogP) is 2.73. The zero-order chi connectivity index (χ0) is 19.2. The number of hydrogen-bond donors (Lipinski definition) is 3. The van der Waals surface area contributed by atoms with Crippen molar-refractivity contribution in [2.24, 2.45) is 0 Å². The van der Waals surface area contributed by atoms with E-state index < -0.39 is 0 Å². The van der Waals surface area contributed by atoms with Crippen LogP contribution in [0.3, 0.4) is 0 Å². The number of H-pyrrole nitrogens is 1. The van der Waals surface area contributed by atoms with Crippen LogP contribution >= 0.6 is 12.2 Å². The second-order valence-electron chi connectivity index (χ2n) is 6.02. The number of methoxy groups -OCH3 is 1. The Balaban J connectivity index is 1.86. The molecular formula is C20H21N3O3S. The summed E-state index contributed by atoms with van der Waals surface area (Å²) in [6.45, 7) is 0.520. The van der Waals surface area contributed by atoms with Gasteiger partial charge < -0.3 is 25.0 Å². The molecule has 0 atom stereocenters. The Morgan fingerprint density at radius 2 is 2.00 bits per heavy atom. The highest BCUT2D eigenvalue weighted by Gasteiger charge is 2.13. The second-order valence-corrected chi connectivity index (χ2v) is 6.40. The van der Waals surface area contributed by atoms with Gasteiger partial charge in [0, 0.05) is 28.7 Å². The first-order valence-electron chi connectivity index (χ1n) is 8.52. The lowest BCUT2D eigenvalue weighted by molar-refractivity contribution is 0.248. The van der Waals surface area contributed by atoms with Gasteiger partial charge in [0.2, 0.25) is 0 Å². The zero-order valence-corrected chi connectivity index (χ0v) is 15.8. The highest BCUT2D eigenvalue weighted by atomic mass is 32.1. The molecule has 0 saturated carbocycles. The lowest BCUT2D eigenvalue weighted by atomic mass is 10.1. The van der Waals surface area contributed by atoms with Crippen LogP contribution in [0.25, 0.3) is 10.9 Å². The number of pyridine rings is 1. The third kappa shape index (κ3) is 4.64.